The van der Waals surface area contributed by atoms with Gasteiger partial charge in [-0.15, -0.1) is 11.3 Å². The molecule has 0 atom stereocenters. The number of nitrogens with one attached hydrogen (secondary N) is 1. The summed E-state index contributed by atoms with van der Waals surface area (Å²) in [5, 5.41) is 2.86. The number of anilines is 1. The molecule has 3 rings (SSSR count). The Morgan fingerprint density at radius 3 is 2.42 bits per heavy atom. The highest BCUT2D eigenvalue weighted by atomic mass is 32.1. The van der Waals surface area contributed by atoms with Crippen molar-refractivity contribution in [1.29, 1.82) is 0 Å². The summed E-state index contributed by atoms with van der Waals surface area (Å²) in [5.74, 6) is 0.792. The summed E-state index contributed by atoms with van der Waals surface area (Å²) in [7, 11) is 3.18. The van der Waals surface area contributed by atoms with E-state index < -0.39 is 11.9 Å². The lowest BCUT2D eigenvalue weighted by molar-refractivity contribution is 0.100. The first-order valence-corrected chi connectivity index (χ1v) is 8.05. The molecule has 0 aliphatic heterocycles. The monoisotopic (exact) mass is 347 g/mol. The molecular weight excluding hydrogens is 330 g/mol. The van der Waals surface area contributed by atoms with Crippen LogP contribution in [-0.4, -0.2) is 26.2 Å². The number of nitrogens with two attached hydrogens (primary N) is 2. The second kappa shape index (κ2) is 6.04. The van der Waals surface area contributed by atoms with Crippen LogP contribution in [0.1, 0.15) is 21.5 Å². The Hall–Kier alpha value is -2.74. The van der Waals surface area contributed by atoms with E-state index in [4.69, 9.17) is 20.9 Å². The minimum Gasteiger partial charge on any atom is -0.497 e. The Morgan fingerprint density at radius 2 is 1.83 bits per heavy atom. The molecule has 8 heteroatoms. The highest BCUT2D eigenvalue weighted by molar-refractivity contribution is 7.20. The Balaban J connectivity index is 2.25. The molecule has 0 unspecified atom stereocenters. The number of carbonyl (C=O) groups excluding carboxylic acids is 2. The van der Waals surface area contributed by atoms with Gasteiger partial charge in [-0.2, -0.15) is 0 Å². The third kappa shape index (κ3) is 2.54. The van der Waals surface area contributed by atoms with E-state index in [-0.39, 0.29) is 0 Å². The van der Waals surface area contributed by atoms with E-state index in [1.54, 1.807) is 14.2 Å². The van der Waals surface area contributed by atoms with E-state index in [2.05, 4.69) is 5.32 Å². The maximum atomic E-state index is 11.9. The third-order valence-electron chi connectivity index (χ3n) is 4.00. The van der Waals surface area contributed by atoms with Gasteiger partial charge in [0.2, 0.25) is 0 Å². The summed E-state index contributed by atoms with van der Waals surface area (Å²) in [6, 6.07) is 2.99. The van der Waals surface area contributed by atoms with Crippen molar-refractivity contribution in [2.24, 2.45) is 11.5 Å². The maximum Gasteiger partial charge on any atom is 0.317 e. The van der Waals surface area contributed by atoms with Crippen LogP contribution in [0.3, 0.4) is 0 Å². The van der Waals surface area contributed by atoms with Crippen molar-refractivity contribution in [3.63, 3.8) is 0 Å². The molecule has 0 saturated carbocycles. The van der Waals surface area contributed by atoms with Gasteiger partial charge in [-0.05, 0) is 24.5 Å². The van der Waals surface area contributed by atoms with Crippen molar-refractivity contribution in [2.45, 2.75) is 12.8 Å². The number of primary amides is 2. The molecule has 0 fully saturated rings. The normalized spacial score (nSPS) is 12.1. The lowest BCUT2D eigenvalue weighted by Gasteiger charge is -2.20. The number of urea groups is 1. The van der Waals surface area contributed by atoms with E-state index in [1.165, 1.54) is 11.3 Å². The molecule has 1 aliphatic rings. The van der Waals surface area contributed by atoms with Gasteiger partial charge in [0.05, 0.1) is 19.8 Å². The highest BCUT2D eigenvalue weighted by Gasteiger charge is 2.29. The van der Waals surface area contributed by atoms with Crippen molar-refractivity contribution in [3.8, 4) is 21.9 Å². The summed E-state index contributed by atoms with van der Waals surface area (Å²) >= 11 is 1.28. The Kier molecular flexibility index (Phi) is 4.06. The Morgan fingerprint density at radius 1 is 1.12 bits per heavy atom. The number of hydrogen-bond acceptors (Lipinski definition) is 5. The number of rotatable bonds is 4. The maximum absolute atomic E-state index is 11.9. The van der Waals surface area contributed by atoms with Gasteiger partial charge in [-0.1, -0.05) is 0 Å². The molecule has 0 spiro atoms. The molecule has 1 heterocycles. The molecule has 0 radical (unpaired) electrons. The van der Waals surface area contributed by atoms with Crippen molar-refractivity contribution < 1.29 is 19.1 Å². The van der Waals surface area contributed by atoms with Crippen molar-refractivity contribution >= 4 is 28.3 Å². The number of thiophene rings is 1. The quantitative estimate of drug-likeness (QED) is 0.785. The van der Waals surface area contributed by atoms with Crippen LogP contribution >= 0.6 is 11.3 Å². The number of hydrogen-bond donors (Lipinski definition) is 3. The van der Waals surface area contributed by atoms with Gasteiger partial charge in [-0.3, -0.25) is 10.1 Å². The largest absolute Gasteiger partial charge is 0.497 e. The molecule has 2 aromatic rings. The highest BCUT2D eigenvalue weighted by Crippen LogP contribution is 2.48. The van der Waals surface area contributed by atoms with E-state index in [1.807, 2.05) is 12.1 Å². The summed E-state index contributed by atoms with van der Waals surface area (Å²) in [6.07, 6.45) is 1.32. The lowest BCUT2D eigenvalue weighted by Crippen LogP contribution is -2.22. The molecule has 3 amide bonds. The van der Waals surface area contributed by atoms with Gasteiger partial charge in [0, 0.05) is 22.1 Å². The fourth-order valence-corrected chi connectivity index (χ4v) is 4.31. The average molecular weight is 347 g/mol. The lowest BCUT2D eigenvalue weighted by atomic mass is 9.88. The zero-order valence-electron chi connectivity index (χ0n) is 13.3. The minimum atomic E-state index is -0.737. The molecule has 5 N–H and O–H groups in total. The first-order chi connectivity index (χ1) is 11.5. The van der Waals surface area contributed by atoms with Crippen LogP contribution in [-0.2, 0) is 12.8 Å². The Labute approximate surface area is 142 Å². The summed E-state index contributed by atoms with van der Waals surface area (Å²) in [5.41, 5.74) is 13.8. The molecule has 1 aromatic heterocycles. The van der Waals surface area contributed by atoms with E-state index >= 15 is 0 Å². The van der Waals surface area contributed by atoms with Crippen LogP contribution < -0.4 is 26.3 Å². The number of ether oxygens (including phenoxy) is 2. The zero-order chi connectivity index (χ0) is 17.4. The van der Waals surface area contributed by atoms with Gasteiger partial charge in [0.25, 0.3) is 5.91 Å². The standard InChI is InChI=1S/C16H17N3O4S/c1-22-7-5-10-8(11(6-7)23-2)3-4-9-12(14(17)20)15(19-16(18)21)24-13(9)10/h5-6H,3-4H2,1-2H3,(H2,17,20)(H3,18,19,21). The first kappa shape index (κ1) is 16.1. The summed E-state index contributed by atoms with van der Waals surface area (Å²) in [6.45, 7) is 0. The number of amides is 3. The van der Waals surface area contributed by atoms with Gasteiger partial charge >= 0.3 is 6.03 Å². The Bertz CT molecular complexity index is 844. The minimum absolute atomic E-state index is 0.321. The second-order valence-electron chi connectivity index (χ2n) is 5.32. The van der Waals surface area contributed by atoms with E-state index in [9.17, 15) is 9.59 Å². The van der Waals surface area contributed by atoms with Gasteiger partial charge in [0.1, 0.15) is 16.5 Å². The zero-order valence-corrected chi connectivity index (χ0v) is 14.1. The predicted octanol–water partition coefficient (Wildman–Crippen LogP) is 2.12. The molecule has 24 heavy (non-hydrogen) atoms. The van der Waals surface area contributed by atoms with Crippen LogP contribution in [0.2, 0.25) is 0 Å². The van der Waals surface area contributed by atoms with Gasteiger partial charge in [0.15, 0.2) is 0 Å². The predicted molar refractivity (Wildman–Crippen MR) is 92.0 cm³/mol. The summed E-state index contributed by atoms with van der Waals surface area (Å²) < 4.78 is 10.8. The number of benzene rings is 1. The van der Waals surface area contributed by atoms with Crippen molar-refractivity contribution in [1.82, 2.24) is 0 Å². The second-order valence-corrected chi connectivity index (χ2v) is 6.34. The fraction of sp³-hybridized carbons (Fsp3) is 0.250. The summed E-state index contributed by atoms with van der Waals surface area (Å²) in [4.78, 5) is 24.0. The van der Waals surface area contributed by atoms with Crippen LogP contribution in [0.25, 0.3) is 10.4 Å². The van der Waals surface area contributed by atoms with Crippen LogP contribution in [0.5, 0.6) is 11.5 Å². The molecule has 126 valence electrons. The van der Waals surface area contributed by atoms with Gasteiger partial charge in [-0.25, -0.2) is 4.79 Å². The molecule has 0 bridgehead atoms. The SMILES string of the molecule is COc1cc(OC)c2c(c1)-c1sc(NC(N)=O)c(C(N)=O)c1CC2. The average Bonchev–Trinajstić information content (AvgIpc) is 2.91. The molecule has 0 saturated heterocycles. The van der Waals surface area contributed by atoms with Crippen LogP contribution in [0.4, 0.5) is 9.80 Å². The molecule has 1 aromatic carbocycles. The van der Waals surface area contributed by atoms with Crippen molar-refractivity contribution in [3.05, 3.63) is 28.8 Å². The molecule has 1 aliphatic carbocycles. The van der Waals surface area contributed by atoms with Crippen LogP contribution in [0, 0.1) is 0 Å². The number of carbonyl (C=O) groups is 2. The topological polar surface area (TPSA) is 117 Å². The van der Waals surface area contributed by atoms with E-state index in [0.29, 0.717) is 29.2 Å². The van der Waals surface area contributed by atoms with Crippen LogP contribution in [0.15, 0.2) is 12.1 Å². The number of methoxy groups -OCH3 is 2. The van der Waals surface area contributed by atoms with Crippen molar-refractivity contribution in [2.75, 3.05) is 19.5 Å². The smallest absolute Gasteiger partial charge is 0.317 e. The van der Waals surface area contributed by atoms with Gasteiger partial charge < -0.3 is 20.9 Å². The number of fused-ring (bicyclic) bond motifs is 3. The molecular formula is C16H17N3O4S. The molecule has 7 nitrogen and oxygen atoms in total. The third-order valence-corrected chi connectivity index (χ3v) is 5.18. The fourth-order valence-electron chi connectivity index (χ4n) is 3.01. The van der Waals surface area contributed by atoms with E-state index in [0.717, 1.165) is 27.3 Å². The first-order valence-electron chi connectivity index (χ1n) is 7.23.